The first-order valence-corrected chi connectivity index (χ1v) is 4.02. The van der Waals surface area contributed by atoms with Crippen molar-refractivity contribution >= 4 is 35.8 Å². The van der Waals surface area contributed by atoms with E-state index >= 15 is 0 Å². The van der Waals surface area contributed by atoms with Gasteiger partial charge in [-0.3, -0.25) is 0 Å². The summed E-state index contributed by atoms with van der Waals surface area (Å²) < 4.78 is 14.0. The van der Waals surface area contributed by atoms with Gasteiger partial charge in [0.1, 0.15) is 27.2 Å². The van der Waals surface area contributed by atoms with Gasteiger partial charge >= 0.3 is 8.60 Å². The normalized spacial score (nSPS) is 5.50. The molecule has 0 saturated heterocycles. The van der Waals surface area contributed by atoms with Crippen molar-refractivity contribution in [3.63, 3.8) is 0 Å². The Balaban J connectivity index is -0.0000000238. The zero-order chi connectivity index (χ0) is 13.7. The maximum Gasteiger partial charge on any atom is 0.331 e. The summed E-state index contributed by atoms with van der Waals surface area (Å²) in [5.41, 5.74) is 0. The summed E-state index contributed by atoms with van der Waals surface area (Å²) >= 11 is 0. The van der Waals surface area contributed by atoms with E-state index in [1.165, 1.54) is 0 Å². The minimum absolute atomic E-state index is 0. The van der Waals surface area contributed by atoms with Gasteiger partial charge in [-0.05, 0) is 0 Å². The van der Waals surface area contributed by atoms with Crippen LogP contribution in [-0.2, 0) is 52.5 Å². The molecular weight excluding hydrogens is 417 g/mol. The van der Waals surface area contributed by atoms with Crippen LogP contribution in [0.5, 0.6) is 0 Å². The standard InChI is InChI=1S/C3H9O3P.4CH2O.Os/c1-4-7(5-2)6-3;4*1-2;/h1-3H3;4*1H2;. The zero-order valence-corrected chi connectivity index (χ0v) is 12.9. The summed E-state index contributed by atoms with van der Waals surface area (Å²) in [6.45, 7) is 8.00. The first kappa shape index (κ1) is 36.1. The molecule has 0 aromatic heterocycles. The average molecular weight is 434 g/mol. The van der Waals surface area contributed by atoms with Crippen molar-refractivity contribution in [1.29, 1.82) is 0 Å². The molecule has 0 aliphatic rings. The van der Waals surface area contributed by atoms with Gasteiger partial charge in [-0.15, -0.1) is 0 Å². The molecule has 0 saturated carbocycles. The molecule has 0 aromatic rings. The van der Waals surface area contributed by atoms with Gasteiger partial charge in [0.2, 0.25) is 0 Å². The van der Waals surface area contributed by atoms with Crippen LogP contribution < -0.4 is 0 Å². The third-order valence-electron chi connectivity index (χ3n) is 0.447. The van der Waals surface area contributed by atoms with E-state index in [4.69, 9.17) is 19.2 Å². The van der Waals surface area contributed by atoms with Crippen LogP contribution in [0.2, 0.25) is 0 Å². The third kappa shape index (κ3) is 68.6. The predicted molar refractivity (Wildman–Crippen MR) is 56.4 cm³/mol. The average Bonchev–Trinajstić information content (AvgIpc) is 2.41. The second-order valence-electron chi connectivity index (χ2n) is 0.771. The van der Waals surface area contributed by atoms with E-state index in [0.29, 0.717) is 0 Å². The van der Waals surface area contributed by atoms with Gasteiger partial charge in [0, 0.05) is 41.1 Å². The van der Waals surface area contributed by atoms with Gasteiger partial charge in [0.25, 0.3) is 0 Å². The number of carbonyl (C=O) groups is 4. The van der Waals surface area contributed by atoms with Crippen molar-refractivity contribution in [3.05, 3.63) is 0 Å². The summed E-state index contributed by atoms with van der Waals surface area (Å²) in [5.74, 6) is 0. The molecule has 0 radical (unpaired) electrons. The Morgan fingerprint density at radius 3 is 0.750 bits per heavy atom. The fourth-order valence-corrected chi connectivity index (χ4v) is 0.671. The van der Waals surface area contributed by atoms with Crippen LogP contribution in [0.3, 0.4) is 0 Å². The molecule has 0 bridgehead atoms. The minimum atomic E-state index is -1.05. The van der Waals surface area contributed by atoms with Crippen LogP contribution in [0.15, 0.2) is 0 Å². The molecule has 0 atom stereocenters. The Morgan fingerprint density at radius 1 is 0.625 bits per heavy atom. The molecule has 16 heavy (non-hydrogen) atoms. The van der Waals surface area contributed by atoms with Crippen LogP contribution >= 0.6 is 8.60 Å². The van der Waals surface area contributed by atoms with Gasteiger partial charge in [0.05, 0.1) is 0 Å². The van der Waals surface area contributed by atoms with E-state index in [-0.39, 0.29) is 19.8 Å². The molecule has 0 N–H and O–H groups in total. The molecule has 100 valence electrons. The summed E-state index contributed by atoms with van der Waals surface area (Å²) in [5, 5.41) is 0. The molecule has 0 rings (SSSR count). The van der Waals surface area contributed by atoms with Crippen LogP contribution in [0.1, 0.15) is 0 Å². The number of hydrogen-bond acceptors (Lipinski definition) is 7. The van der Waals surface area contributed by atoms with E-state index in [0.717, 1.165) is 0 Å². The van der Waals surface area contributed by atoms with Crippen molar-refractivity contribution in [3.8, 4) is 0 Å². The SMILES string of the molecule is C=O.C=O.C=O.C=O.COP(OC)OC.[Os]. The first-order chi connectivity index (χ1) is 7.35. The van der Waals surface area contributed by atoms with E-state index in [9.17, 15) is 0 Å². The monoisotopic (exact) mass is 436 g/mol. The molecule has 0 fully saturated rings. The van der Waals surface area contributed by atoms with Crippen LogP contribution in [-0.4, -0.2) is 48.5 Å². The Hall–Kier alpha value is -0.374. The molecule has 9 heteroatoms. The molecule has 0 spiro atoms. The van der Waals surface area contributed by atoms with Crippen LogP contribution in [0, 0.1) is 0 Å². The van der Waals surface area contributed by atoms with Crippen LogP contribution in [0.25, 0.3) is 0 Å². The second-order valence-corrected chi connectivity index (χ2v) is 2.31. The summed E-state index contributed by atoms with van der Waals surface area (Å²) in [7, 11) is 3.57. The number of hydrogen-bond donors (Lipinski definition) is 0. The smallest absolute Gasteiger partial charge is 0.316 e. The Bertz CT molecular complexity index is 73.6. The zero-order valence-electron chi connectivity index (χ0n) is 9.49. The molecule has 0 aliphatic heterocycles. The number of carbonyl (C=O) groups excluding carboxylic acids is 4. The van der Waals surface area contributed by atoms with Crippen molar-refractivity contribution in [2.24, 2.45) is 0 Å². The summed E-state index contributed by atoms with van der Waals surface area (Å²) in [4.78, 5) is 32.0. The molecule has 0 unspecified atom stereocenters. The van der Waals surface area contributed by atoms with Gasteiger partial charge in [-0.1, -0.05) is 0 Å². The third-order valence-corrected chi connectivity index (χ3v) is 1.34. The fourth-order valence-electron chi connectivity index (χ4n) is 0.224. The molecule has 0 aliphatic carbocycles. The van der Waals surface area contributed by atoms with E-state index < -0.39 is 8.60 Å². The summed E-state index contributed by atoms with van der Waals surface area (Å²) in [6, 6.07) is 0. The first-order valence-electron chi connectivity index (χ1n) is 2.93. The van der Waals surface area contributed by atoms with Crippen molar-refractivity contribution in [2.45, 2.75) is 0 Å². The molecular formula is C7H17O7OsP. The maximum atomic E-state index is 8.00. The Kier molecular flexibility index (Phi) is 193. The maximum absolute atomic E-state index is 8.00. The Labute approximate surface area is 110 Å². The van der Waals surface area contributed by atoms with E-state index in [2.05, 4.69) is 13.6 Å². The van der Waals surface area contributed by atoms with E-state index in [1.54, 1.807) is 21.3 Å². The van der Waals surface area contributed by atoms with Crippen molar-refractivity contribution < 1.29 is 52.5 Å². The second kappa shape index (κ2) is 85.8. The minimum Gasteiger partial charge on any atom is -0.316 e. The van der Waals surface area contributed by atoms with Gasteiger partial charge in [-0.25, -0.2) is 0 Å². The van der Waals surface area contributed by atoms with Crippen LogP contribution in [0.4, 0.5) is 0 Å². The van der Waals surface area contributed by atoms with Gasteiger partial charge < -0.3 is 32.7 Å². The van der Waals surface area contributed by atoms with E-state index in [1.807, 2.05) is 27.2 Å². The predicted octanol–water partition coefficient (Wildman–Crippen LogP) is 0.410. The largest absolute Gasteiger partial charge is 0.331 e. The molecule has 0 aromatic carbocycles. The molecule has 0 heterocycles. The van der Waals surface area contributed by atoms with Crippen molar-refractivity contribution in [2.75, 3.05) is 21.3 Å². The summed E-state index contributed by atoms with van der Waals surface area (Å²) in [6.07, 6.45) is 0. The Morgan fingerprint density at radius 2 is 0.750 bits per heavy atom. The van der Waals surface area contributed by atoms with Gasteiger partial charge in [-0.2, -0.15) is 0 Å². The number of rotatable bonds is 3. The topological polar surface area (TPSA) is 96.0 Å². The van der Waals surface area contributed by atoms with Gasteiger partial charge in [0.15, 0.2) is 0 Å². The fraction of sp³-hybridized carbons (Fsp3) is 0.429. The molecule has 0 amide bonds. The molecule has 7 nitrogen and oxygen atoms in total. The van der Waals surface area contributed by atoms with Crippen molar-refractivity contribution in [1.82, 2.24) is 0 Å². The quantitative estimate of drug-likeness (QED) is 0.594.